The molecule has 2 aromatic rings. The number of nitrogen functional groups attached to an aromatic ring is 1. The Morgan fingerprint density at radius 1 is 1.38 bits per heavy atom. The van der Waals surface area contributed by atoms with Gasteiger partial charge in [0.1, 0.15) is 0 Å². The Balaban J connectivity index is 2.19. The molecule has 0 amide bonds. The lowest BCUT2D eigenvalue weighted by atomic mass is 10.1. The molecule has 3 N–H and O–H groups in total. The largest absolute Gasteiger partial charge is 0.478 e. The van der Waals surface area contributed by atoms with Gasteiger partial charge in [0.05, 0.1) is 11.9 Å². The third-order valence-electron chi connectivity index (χ3n) is 3.34. The molecule has 0 aliphatic rings. The molecule has 126 valence electrons. The highest BCUT2D eigenvalue weighted by molar-refractivity contribution is 5.92. The first kappa shape index (κ1) is 17.5. The fraction of sp³-hybridized carbons (Fsp3) is 0.222. The van der Waals surface area contributed by atoms with Crippen LogP contribution < -0.4 is 10.5 Å². The number of aromatic nitrogens is 1. The Labute approximate surface area is 139 Å². The van der Waals surface area contributed by atoms with E-state index in [4.69, 9.17) is 10.5 Å². The zero-order chi connectivity index (χ0) is 17.5. The maximum absolute atomic E-state index is 14.2. The van der Waals surface area contributed by atoms with Gasteiger partial charge in [-0.25, -0.2) is 14.2 Å². The van der Waals surface area contributed by atoms with Gasteiger partial charge >= 0.3 is 5.97 Å². The number of nitrogens with two attached hydrogens (primary N) is 1. The molecular weight excluding hydrogens is 311 g/mol. The molecule has 0 radical (unpaired) electrons. The highest BCUT2D eigenvalue weighted by atomic mass is 19.1. The summed E-state index contributed by atoms with van der Waals surface area (Å²) in [5.41, 5.74) is 6.74. The molecule has 0 aliphatic heterocycles. The van der Waals surface area contributed by atoms with E-state index in [1.165, 1.54) is 30.5 Å². The van der Waals surface area contributed by atoms with Crippen LogP contribution in [0.3, 0.4) is 0 Å². The van der Waals surface area contributed by atoms with Gasteiger partial charge in [-0.3, -0.25) is 0 Å². The molecule has 24 heavy (non-hydrogen) atoms. The molecule has 1 heterocycles. The fourth-order valence-corrected chi connectivity index (χ4v) is 2.06. The summed E-state index contributed by atoms with van der Waals surface area (Å²) in [7, 11) is 0. The molecule has 2 rings (SSSR count). The number of hydrogen-bond acceptors (Lipinski definition) is 4. The number of halogens is 1. The van der Waals surface area contributed by atoms with E-state index >= 15 is 0 Å². The summed E-state index contributed by atoms with van der Waals surface area (Å²) in [6.45, 7) is 1.98. The topological polar surface area (TPSA) is 85.4 Å². The van der Waals surface area contributed by atoms with E-state index < -0.39 is 11.8 Å². The molecule has 0 unspecified atom stereocenters. The van der Waals surface area contributed by atoms with Gasteiger partial charge in [-0.2, -0.15) is 0 Å². The van der Waals surface area contributed by atoms with E-state index in [2.05, 4.69) is 4.98 Å². The maximum Gasteiger partial charge on any atom is 0.331 e. The number of nitrogens with zero attached hydrogens (tertiary/aromatic N) is 1. The first-order valence-corrected chi connectivity index (χ1v) is 7.62. The minimum atomic E-state index is -0.991. The van der Waals surface area contributed by atoms with Crippen LogP contribution in [0.4, 0.5) is 10.1 Å². The van der Waals surface area contributed by atoms with Crippen LogP contribution in [0.2, 0.25) is 0 Å². The number of unbranched alkanes of at least 4 members (excludes halogenated alkanes) is 1. The van der Waals surface area contributed by atoms with E-state index in [-0.39, 0.29) is 17.2 Å². The van der Waals surface area contributed by atoms with Crippen molar-refractivity contribution >= 4 is 17.7 Å². The number of rotatable bonds is 7. The molecule has 0 saturated heterocycles. The van der Waals surface area contributed by atoms with Gasteiger partial charge in [0.15, 0.2) is 11.6 Å². The Kier molecular flexibility index (Phi) is 5.89. The predicted octanol–water partition coefficient (Wildman–Crippen LogP) is 4.25. The zero-order valence-corrected chi connectivity index (χ0v) is 13.3. The number of carbonyl (C=O) groups is 1. The summed E-state index contributed by atoms with van der Waals surface area (Å²) >= 11 is 0. The molecular formula is C18H19FN2O3. The van der Waals surface area contributed by atoms with E-state index in [0.717, 1.165) is 12.8 Å². The smallest absolute Gasteiger partial charge is 0.331 e. The van der Waals surface area contributed by atoms with Crippen LogP contribution in [0.1, 0.15) is 31.7 Å². The van der Waals surface area contributed by atoms with Crippen LogP contribution in [0, 0.1) is 5.82 Å². The Hall–Kier alpha value is -2.89. The van der Waals surface area contributed by atoms with Crippen LogP contribution in [-0.4, -0.2) is 16.1 Å². The number of hydrogen-bond donors (Lipinski definition) is 2. The van der Waals surface area contributed by atoms with E-state index in [1.807, 2.05) is 6.92 Å². The minimum absolute atomic E-state index is 0.00912. The lowest BCUT2D eigenvalue weighted by molar-refractivity contribution is -0.132. The van der Waals surface area contributed by atoms with Crippen molar-refractivity contribution in [2.45, 2.75) is 26.2 Å². The highest BCUT2D eigenvalue weighted by Crippen LogP contribution is 2.25. The van der Waals surface area contributed by atoms with Crippen molar-refractivity contribution in [2.24, 2.45) is 0 Å². The SMILES string of the molecule is CCCCC(=Cc1ccc(Oc2ccc(N)cn2)c(F)c1)C(=O)O. The van der Waals surface area contributed by atoms with Gasteiger partial charge in [0.2, 0.25) is 5.88 Å². The molecule has 5 nitrogen and oxygen atoms in total. The van der Waals surface area contributed by atoms with Crippen molar-refractivity contribution in [1.29, 1.82) is 0 Å². The average Bonchev–Trinajstić information content (AvgIpc) is 2.55. The lowest BCUT2D eigenvalue weighted by Crippen LogP contribution is -2.00. The number of ether oxygens (including phenoxy) is 1. The zero-order valence-electron chi connectivity index (χ0n) is 13.3. The maximum atomic E-state index is 14.2. The average molecular weight is 330 g/mol. The molecule has 0 atom stereocenters. The summed E-state index contributed by atoms with van der Waals surface area (Å²) in [5, 5.41) is 9.20. The van der Waals surface area contributed by atoms with Crippen molar-refractivity contribution in [3.63, 3.8) is 0 Å². The van der Waals surface area contributed by atoms with E-state index in [1.54, 1.807) is 12.1 Å². The van der Waals surface area contributed by atoms with E-state index in [9.17, 15) is 14.3 Å². The standard InChI is InChI=1S/C18H19FN2O3/c1-2-3-4-13(18(22)23)9-12-5-7-16(15(19)10-12)24-17-8-6-14(20)11-21-17/h5-11H,2-4,20H2,1H3,(H,22,23). The molecule has 1 aromatic carbocycles. The number of benzene rings is 1. The van der Waals surface area contributed by atoms with Gasteiger partial charge in [-0.05, 0) is 42.7 Å². The number of anilines is 1. The second-order valence-corrected chi connectivity index (χ2v) is 5.30. The summed E-state index contributed by atoms with van der Waals surface area (Å²) in [6.07, 6.45) is 5.00. The lowest BCUT2D eigenvalue weighted by Gasteiger charge is -2.07. The molecule has 0 fully saturated rings. The molecule has 6 heteroatoms. The third kappa shape index (κ3) is 4.81. The summed E-state index contributed by atoms with van der Waals surface area (Å²) in [5.74, 6) is -1.35. The first-order valence-electron chi connectivity index (χ1n) is 7.62. The number of aliphatic carboxylic acids is 1. The summed E-state index contributed by atoms with van der Waals surface area (Å²) in [4.78, 5) is 15.2. The van der Waals surface area contributed by atoms with E-state index in [0.29, 0.717) is 17.7 Å². The molecule has 0 spiro atoms. The molecule has 0 saturated carbocycles. The highest BCUT2D eigenvalue weighted by Gasteiger charge is 2.10. The molecule has 0 aliphatic carbocycles. The van der Waals surface area contributed by atoms with Crippen LogP contribution >= 0.6 is 0 Å². The van der Waals surface area contributed by atoms with Gasteiger partial charge in [-0.1, -0.05) is 19.4 Å². The Morgan fingerprint density at radius 3 is 2.75 bits per heavy atom. The third-order valence-corrected chi connectivity index (χ3v) is 3.34. The van der Waals surface area contributed by atoms with Gasteiger partial charge in [-0.15, -0.1) is 0 Å². The van der Waals surface area contributed by atoms with Crippen molar-refractivity contribution in [1.82, 2.24) is 4.98 Å². The fourth-order valence-electron chi connectivity index (χ4n) is 2.06. The number of carboxylic acid groups (broad SMARTS) is 1. The Bertz CT molecular complexity index is 742. The Morgan fingerprint density at radius 2 is 2.17 bits per heavy atom. The van der Waals surface area contributed by atoms with Crippen LogP contribution in [0.15, 0.2) is 42.1 Å². The second kappa shape index (κ2) is 8.10. The minimum Gasteiger partial charge on any atom is -0.478 e. The van der Waals surface area contributed by atoms with Crippen LogP contribution in [0.5, 0.6) is 11.6 Å². The summed E-state index contributed by atoms with van der Waals surface area (Å²) < 4.78 is 19.5. The number of pyridine rings is 1. The monoisotopic (exact) mass is 330 g/mol. The van der Waals surface area contributed by atoms with Crippen molar-refractivity contribution < 1.29 is 19.0 Å². The predicted molar refractivity (Wildman–Crippen MR) is 90.3 cm³/mol. The van der Waals surface area contributed by atoms with Gasteiger partial charge < -0.3 is 15.6 Å². The second-order valence-electron chi connectivity index (χ2n) is 5.30. The molecule has 0 bridgehead atoms. The normalized spacial score (nSPS) is 11.3. The van der Waals surface area contributed by atoms with Crippen molar-refractivity contribution in [3.8, 4) is 11.6 Å². The van der Waals surface area contributed by atoms with Gasteiger partial charge in [0, 0.05) is 11.6 Å². The number of carboxylic acids is 1. The van der Waals surface area contributed by atoms with Gasteiger partial charge in [0.25, 0.3) is 0 Å². The van der Waals surface area contributed by atoms with Crippen LogP contribution in [0.25, 0.3) is 6.08 Å². The molecule has 1 aromatic heterocycles. The van der Waals surface area contributed by atoms with Crippen molar-refractivity contribution in [3.05, 3.63) is 53.5 Å². The summed E-state index contributed by atoms with van der Waals surface area (Å²) in [6, 6.07) is 7.42. The quantitative estimate of drug-likeness (QED) is 0.741. The van der Waals surface area contributed by atoms with Crippen LogP contribution in [-0.2, 0) is 4.79 Å². The van der Waals surface area contributed by atoms with Crippen molar-refractivity contribution in [2.75, 3.05) is 5.73 Å². The first-order chi connectivity index (χ1) is 11.5.